The molecule has 20 heteroatoms. The van der Waals surface area contributed by atoms with Crippen LogP contribution in [0.15, 0.2) is 11.8 Å². The number of nitrogens with zero attached hydrogens (tertiary/aromatic N) is 2. The summed E-state index contributed by atoms with van der Waals surface area (Å²) in [5, 5.41) is 20.3. The Morgan fingerprint density at radius 3 is 2.23 bits per heavy atom. The number of carbonyl (C=O) groups is 1. The topological polar surface area (TPSA) is 259 Å². The summed E-state index contributed by atoms with van der Waals surface area (Å²) in [6.07, 6.45) is -5.83. The van der Waals surface area contributed by atoms with Crippen molar-refractivity contribution in [1.82, 2.24) is 9.80 Å². The standard InChI is InChI=1S/C11H22N3O14P3/c1-5-3-14(11(17)13(2)9(5)12)10-8(16)7(15)6(26-10)4-25-30(21,22)28-31(23,24)27-29(18,19)20/h3,6-10,15-16H,4,12H2,1-2H3,(H,21,22)(H,23,24)(H2,18,19,20). The van der Waals surface area contributed by atoms with Gasteiger partial charge in [0.1, 0.15) is 24.5 Å². The van der Waals surface area contributed by atoms with E-state index in [1.165, 1.54) is 13.2 Å². The van der Waals surface area contributed by atoms with Crippen molar-refractivity contribution in [2.45, 2.75) is 37.6 Å². The van der Waals surface area contributed by atoms with Gasteiger partial charge < -0.3 is 45.2 Å². The molecule has 17 nitrogen and oxygen atoms in total. The highest BCUT2D eigenvalue weighted by atomic mass is 31.3. The van der Waals surface area contributed by atoms with Gasteiger partial charge in [0, 0.05) is 13.2 Å². The smallest absolute Gasteiger partial charge is 0.387 e. The number of ether oxygens (including phenoxy) is 1. The zero-order valence-electron chi connectivity index (χ0n) is 15.9. The summed E-state index contributed by atoms with van der Waals surface area (Å²) in [5.74, 6) is 0. The van der Waals surface area contributed by atoms with E-state index in [-0.39, 0.29) is 0 Å². The third kappa shape index (κ3) is 6.63. The van der Waals surface area contributed by atoms with E-state index in [1.54, 1.807) is 6.92 Å². The average Bonchev–Trinajstić information content (AvgIpc) is 2.86. The zero-order chi connectivity index (χ0) is 23.9. The number of rotatable bonds is 8. The fourth-order valence-electron chi connectivity index (χ4n) is 2.71. The van der Waals surface area contributed by atoms with Crippen LogP contribution in [-0.2, 0) is 31.6 Å². The monoisotopic (exact) mass is 513 g/mol. The number of phosphoric acid groups is 3. The third-order valence-electron chi connectivity index (χ3n) is 4.18. The molecule has 2 aliphatic rings. The van der Waals surface area contributed by atoms with Gasteiger partial charge in [-0.15, -0.1) is 0 Å². The van der Waals surface area contributed by atoms with Gasteiger partial charge >= 0.3 is 29.5 Å². The number of nitrogens with two attached hydrogens (primary N) is 1. The van der Waals surface area contributed by atoms with Crippen LogP contribution in [0.5, 0.6) is 0 Å². The summed E-state index contributed by atoms with van der Waals surface area (Å²) in [7, 11) is -15.3. The van der Waals surface area contributed by atoms with Crippen LogP contribution >= 0.6 is 23.5 Å². The van der Waals surface area contributed by atoms with Crippen molar-refractivity contribution in [2.75, 3.05) is 13.7 Å². The number of carbonyl (C=O) groups excluding carboxylic acids is 1. The van der Waals surface area contributed by atoms with Gasteiger partial charge in [-0.1, -0.05) is 0 Å². The first-order valence-electron chi connectivity index (χ1n) is 8.23. The first kappa shape index (κ1) is 26.5. The van der Waals surface area contributed by atoms with Crippen LogP contribution in [0, 0.1) is 0 Å². The van der Waals surface area contributed by atoms with Gasteiger partial charge in [0.05, 0.1) is 6.61 Å². The van der Waals surface area contributed by atoms with Gasteiger partial charge in [-0.05, 0) is 12.5 Å². The molecule has 2 aliphatic heterocycles. The maximum Gasteiger partial charge on any atom is 0.490 e. The zero-order valence-corrected chi connectivity index (χ0v) is 18.6. The second kappa shape index (κ2) is 9.25. The lowest BCUT2D eigenvalue weighted by Gasteiger charge is -2.38. The molecule has 0 aromatic carbocycles. The lowest BCUT2D eigenvalue weighted by atomic mass is 10.1. The number of hydrogen-bond acceptors (Lipinski definition) is 11. The number of aliphatic hydroxyl groups excluding tert-OH is 2. The van der Waals surface area contributed by atoms with E-state index in [2.05, 4.69) is 13.1 Å². The largest absolute Gasteiger partial charge is 0.490 e. The molecule has 7 unspecified atom stereocenters. The van der Waals surface area contributed by atoms with E-state index in [4.69, 9.17) is 25.2 Å². The van der Waals surface area contributed by atoms with Crippen molar-refractivity contribution < 1.29 is 66.2 Å². The Morgan fingerprint density at radius 2 is 1.68 bits per heavy atom. The number of phosphoric ester groups is 1. The molecule has 31 heavy (non-hydrogen) atoms. The van der Waals surface area contributed by atoms with Crippen molar-refractivity contribution in [3.05, 3.63) is 11.8 Å². The van der Waals surface area contributed by atoms with E-state index in [0.29, 0.717) is 5.57 Å². The van der Waals surface area contributed by atoms with E-state index >= 15 is 0 Å². The molecule has 0 bridgehead atoms. The quantitative estimate of drug-likeness (QED) is 0.179. The summed E-state index contributed by atoms with van der Waals surface area (Å²) in [4.78, 5) is 50.0. The minimum Gasteiger partial charge on any atom is -0.387 e. The van der Waals surface area contributed by atoms with E-state index < -0.39 is 66.8 Å². The highest BCUT2D eigenvalue weighted by Gasteiger charge is 2.49. The molecular formula is C11H22N3O14P3. The maximum atomic E-state index is 12.4. The third-order valence-corrected chi connectivity index (χ3v) is 7.98. The van der Waals surface area contributed by atoms with Crippen molar-refractivity contribution in [3.8, 4) is 0 Å². The first-order chi connectivity index (χ1) is 13.9. The van der Waals surface area contributed by atoms with Crippen LogP contribution in [0.3, 0.4) is 0 Å². The molecule has 0 aromatic rings. The number of urea groups is 1. The summed E-state index contributed by atoms with van der Waals surface area (Å²) in [6.45, 7) is 0.601. The van der Waals surface area contributed by atoms with E-state index in [0.717, 1.165) is 9.80 Å². The maximum absolute atomic E-state index is 12.4. The molecular weight excluding hydrogens is 491 g/mol. The number of amides is 2. The molecule has 1 saturated heterocycles. The van der Waals surface area contributed by atoms with E-state index in [1.807, 2.05) is 0 Å². The van der Waals surface area contributed by atoms with Crippen LogP contribution in [0.1, 0.15) is 6.92 Å². The number of likely N-dealkylation sites (N-methyl/N-ethyl adjacent to an activating group) is 1. The van der Waals surface area contributed by atoms with Gasteiger partial charge in [-0.25, -0.2) is 18.5 Å². The molecule has 0 spiro atoms. The van der Waals surface area contributed by atoms with Gasteiger partial charge in [0.15, 0.2) is 6.23 Å². The highest BCUT2D eigenvalue weighted by molar-refractivity contribution is 7.66. The molecule has 8 N–H and O–H groups in total. The fraction of sp³-hybridized carbons (Fsp3) is 0.727. The first-order valence-corrected chi connectivity index (χ1v) is 12.8. The Morgan fingerprint density at radius 1 is 1.10 bits per heavy atom. The second-order valence-corrected chi connectivity index (χ2v) is 11.0. The van der Waals surface area contributed by atoms with Crippen LogP contribution in [0.25, 0.3) is 0 Å². The number of hydrogen-bond donors (Lipinski definition) is 7. The number of aliphatic hydroxyl groups is 2. The molecule has 2 rings (SSSR count). The van der Waals surface area contributed by atoms with Crippen LogP contribution < -0.4 is 5.73 Å². The van der Waals surface area contributed by atoms with Gasteiger partial charge in [-0.2, -0.15) is 8.62 Å². The minimum absolute atomic E-state index is 0.518. The molecule has 2 amide bonds. The molecule has 0 aliphatic carbocycles. The molecule has 0 radical (unpaired) electrons. The Bertz CT molecular complexity index is 877. The minimum atomic E-state index is -5.72. The van der Waals surface area contributed by atoms with Crippen LogP contribution in [0.2, 0.25) is 0 Å². The second-order valence-electron chi connectivity index (χ2n) is 6.55. The molecule has 0 aromatic heterocycles. The summed E-state index contributed by atoms with van der Waals surface area (Å²) in [5.41, 5.74) is 6.33. The lowest BCUT2D eigenvalue weighted by molar-refractivity contribution is -0.0703. The van der Waals surface area contributed by atoms with Crippen molar-refractivity contribution in [2.24, 2.45) is 5.73 Å². The Kier molecular flexibility index (Phi) is 7.91. The van der Waals surface area contributed by atoms with Gasteiger partial charge in [0.25, 0.3) is 0 Å². The predicted molar refractivity (Wildman–Crippen MR) is 97.2 cm³/mol. The van der Waals surface area contributed by atoms with Crippen LogP contribution in [0.4, 0.5) is 4.79 Å². The summed E-state index contributed by atoms with van der Waals surface area (Å²) >= 11 is 0. The Hall–Kier alpha value is -0.740. The van der Waals surface area contributed by atoms with E-state index in [9.17, 15) is 33.6 Å². The van der Waals surface area contributed by atoms with Crippen molar-refractivity contribution in [1.29, 1.82) is 0 Å². The predicted octanol–water partition coefficient (Wildman–Crippen LogP) is -1.67. The van der Waals surface area contributed by atoms with Crippen molar-refractivity contribution >= 4 is 29.5 Å². The summed E-state index contributed by atoms with van der Waals surface area (Å²) < 4.78 is 50.5. The van der Waals surface area contributed by atoms with Gasteiger partial charge in [0.2, 0.25) is 0 Å². The Labute approximate surface area is 175 Å². The molecule has 2 heterocycles. The lowest BCUT2D eigenvalue weighted by Crippen LogP contribution is -2.57. The fourth-order valence-corrected chi connectivity index (χ4v) is 5.74. The summed E-state index contributed by atoms with van der Waals surface area (Å²) in [6, 6.07) is -0.678. The molecule has 1 fully saturated rings. The molecule has 180 valence electrons. The highest BCUT2D eigenvalue weighted by Crippen LogP contribution is 2.66. The molecule has 7 atom stereocenters. The average molecular weight is 513 g/mol. The Balaban J connectivity index is 2.06. The van der Waals surface area contributed by atoms with Crippen LogP contribution in [-0.4, -0.2) is 90.0 Å². The van der Waals surface area contributed by atoms with Gasteiger partial charge in [-0.3, -0.25) is 9.42 Å². The SMILES string of the molecule is CC1=CN(C2OC(COP(=O)(O)OP(=O)(O)OP(=O)(O)O)C(O)C2O)C(=O)N(C)C1N. The molecule has 0 saturated carbocycles. The normalized spacial score (nSPS) is 33.8. The van der Waals surface area contributed by atoms with Crippen molar-refractivity contribution in [3.63, 3.8) is 0 Å².